The van der Waals surface area contributed by atoms with Crippen LogP contribution >= 0.6 is 0 Å². The topological polar surface area (TPSA) is 62.2 Å². The first kappa shape index (κ1) is 12.2. The molecule has 2 N–H and O–H groups in total. The predicted octanol–water partition coefficient (Wildman–Crippen LogP) is 3.34. The smallest absolute Gasteiger partial charge is 0.416 e. The average molecular weight is 256 g/mol. The third kappa shape index (κ3) is 2.34. The molecule has 0 atom stereocenters. The van der Waals surface area contributed by atoms with Crippen LogP contribution in [0.1, 0.15) is 5.56 Å². The Labute approximate surface area is 99.1 Å². The molecule has 1 aromatic carbocycles. The fourth-order valence-corrected chi connectivity index (χ4v) is 1.55. The molecule has 1 amide bonds. The molecule has 0 fully saturated rings. The van der Waals surface area contributed by atoms with Crippen molar-refractivity contribution in [3.63, 3.8) is 0 Å². The number of carboxylic acid groups (broad SMARTS) is 1. The number of anilines is 1. The Morgan fingerprint density at radius 3 is 2.61 bits per heavy atom. The Morgan fingerprint density at radius 2 is 2.00 bits per heavy atom. The van der Waals surface area contributed by atoms with E-state index < -0.39 is 17.8 Å². The zero-order valence-electron chi connectivity index (χ0n) is 8.82. The van der Waals surface area contributed by atoms with Gasteiger partial charge in [0.15, 0.2) is 0 Å². The van der Waals surface area contributed by atoms with Crippen LogP contribution in [0, 0.1) is 0 Å². The molecule has 18 heavy (non-hydrogen) atoms. The minimum Gasteiger partial charge on any atom is -0.465 e. The highest BCUT2D eigenvalue weighted by Gasteiger charge is 2.30. The van der Waals surface area contributed by atoms with E-state index in [9.17, 15) is 18.0 Å². The largest absolute Gasteiger partial charge is 0.465 e. The van der Waals surface area contributed by atoms with Crippen molar-refractivity contribution >= 4 is 22.7 Å². The van der Waals surface area contributed by atoms with E-state index >= 15 is 0 Å². The molecular weight excluding hydrogens is 249 g/mol. The molecule has 0 aliphatic heterocycles. The maximum atomic E-state index is 12.6. The summed E-state index contributed by atoms with van der Waals surface area (Å²) < 4.78 is 37.7. The highest BCUT2D eigenvalue weighted by atomic mass is 19.4. The second kappa shape index (κ2) is 4.17. The summed E-state index contributed by atoms with van der Waals surface area (Å²) in [4.78, 5) is 14.4. The van der Waals surface area contributed by atoms with E-state index in [-0.39, 0.29) is 16.6 Å². The van der Waals surface area contributed by atoms with Crippen LogP contribution in [0.15, 0.2) is 30.5 Å². The lowest BCUT2D eigenvalue weighted by atomic mass is 10.1. The highest BCUT2D eigenvalue weighted by Crippen LogP contribution is 2.32. The molecule has 7 heteroatoms. The molecule has 0 saturated carbocycles. The monoisotopic (exact) mass is 256 g/mol. The number of alkyl halides is 3. The zero-order valence-corrected chi connectivity index (χ0v) is 8.82. The Kier molecular flexibility index (Phi) is 2.82. The molecule has 0 spiro atoms. The lowest BCUT2D eigenvalue weighted by Gasteiger charge is -2.09. The number of amides is 1. The van der Waals surface area contributed by atoms with Crippen molar-refractivity contribution in [1.29, 1.82) is 0 Å². The van der Waals surface area contributed by atoms with Crippen molar-refractivity contribution in [3.8, 4) is 0 Å². The van der Waals surface area contributed by atoms with Gasteiger partial charge in [0.1, 0.15) is 0 Å². The van der Waals surface area contributed by atoms with Gasteiger partial charge in [-0.15, -0.1) is 0 Å². The van der Waals surface area contributed by atoms with Gasteiger partial charge in [0.05, 0.1) is 16.8 Å². The molecule has 2 aromatic rings. The first-order chi connectivity index (χ1) is 8.38. The molecular formula is C11H7F3N2O2. The average Bonchev–Trinajstić information content (AvgIpc) is 2.27. The number of benzene rings is 1. The molecule has 0 aliphatic rings. The molecule has 0 aliphatic carbocycles. The summed E-state index contributed by atoms with van der Waals surface area (Å²) >= 11 is 0. The molecule has 0 radical (unpaired) electrons. The van der Waals surface area contributed by atoms with Crippen molar-refractivity contribution in [1.82, 2.24) is 4.98 Å². The van der Waals surface area contributed by atoms with Crippen LogP contribution in [0.25, 0.3) is 10.9 Å². The summed E-state index contributed by atoms with van der Waals surface area (Å²) in [7, 11) is 0. The van der Waals surface area contributed by atoms with Gasteiger partial charge in [0.2, 0.25) is 0 Å². The Hall–Kier alpha value is -2.31. The quantitative estimate of drug-likeness (QED) is 0.822. The van der Waals surface area contributed by atoms with Gasteiger partial charge in [-0.05, 0) is 24.3 Å². The lowest BCUT2D eigenvalue weighted by molar-refractivity contribution is -0.137. The number of carbonyl (C=O) groups is 1. The van der Waals surface area contributed by atoms with Gasteiger partial charge in [0, 0.05) is 11.6 Å². The first-order valence-electron chi connectivity index (χ1n) is 4.84. The van der Waals surface area contributed by atoms with E-state index in [1.165, 1.54) is 18.3 Å². The summed E-state index contributed by atoms with van der Waals surface area (Å²) in [6, 6.07) is 4.27. The predicted molar refractivity (Wildman–Crippen MR) is 58.4 cm³/mol. The van der Waals surface area contributed by atoms with E-state index in [2.05, 4.69) is 4.98 Å². The van der Waals surface area contributed by atoms with Gasteiger partial charge in [0.25, 0.3) is 0 Å². The normalized spacial score (nSPS) is 11.5. The van der Waals surface area contributed by atoms with Crippen LogP contribution < -0.4 is 5.32 Å². The third-order valence-electron chi connectivity index (χ3n) is 2.31. The number of pyridine rings is 1. The van der Waals surface area contributed by atoms with Crippen molar-refractivity contribution in [2.45, 2.75) is 6.18 Å². The van der Waals surface area contributed by atoms with E-state index in [1.54, 1.807) is 0 Å². The Morgan fingerprint density at radius 1 is 1.28 bits per heavy atom. The highest BCUT2D eigenvalue weighted by molar-refractivity contribution is 5.98. The molecule has 94 valence electrons. The van der Waals surface area contributed by atoms with Crippen LogP contribution in [0.4, 0.5) is 23.7 Å². The van der Waals surface area contributed by atoms with Gasteiger partial charge in [-0.3, -0.25) is 10.3 Å². The minimum atomic E-state index is -4.48. The number of hydrogen-bond acceptors (Lipinski definition) is 2. The zero-order chi connectivity index (χ0) is 13.3. The fourth-order valence-electron chi connectivity index (χ4n) is 1.55. The van der Waals surface area contributed by atoms with Gasteiger partial charge >= 0.3 is 12.3 Å². The van der Waals surface area contributed by atoms with Gasteiger partial charge in [-0.1, -0.05) is 0 Å². The van der Waals surface area contributed by atoms with Gasteiger partial charge in [-0.25, -0.2) is 4.79 Å². The number of nitrogens with one attached hydrogen (secondary N) is 1. The van der Waals surface area contributed by atoms with Crippen LogP contribution in [0.5, 0.6) is 0 Å². The summed E-state index contributed by atoms with van der Waals surface area (Å²) in [6.45, 7) is 0. The van der Waals surface area contributed by atoms with Crippen molar-refractivity contribution in [2.24, 2.45) is 0 Å². The summed E-state index contributed by atoms with van der Waals surface area (Å²) in [5.74, 6) is 0. The van der Waals surface area contributed by atoms with E-state index in [4.69, 9.17) is 5.11 Å². The standard InChI is InChI=1S/C11H7F3N2O2/c12-11(13,14)6-1-2-8-7(5-6)9(3-4-15-8)16-10(17)18/h1-5H,(H,15,16)(H,17,18). The van der Waals surface area contributed by atoms with Crippen LogP contribution in [0.3, 0.4) is 0 Å². The molecule has 2 rings (SSSR count). The Balaban J connectivity index is 2.62. The van der Waals surface area contributed by atoms with Gasteiger partial charge in [-0.2, -0.15) is 13.2 Å². The van der Waals surface area contributed by atoms with E-state index in [1.807, 2.05) is 5.32 Å². The van der Waals surface area contributed by atoms with Gasteiger partial charge < -0.3 is 5.11 Å². The third-order valence-corrected chi connectivity index (χ3v) is 2.31. The number of halogens is 3. The van der Waals surface area contributed by atoms with Crippen molar-refractivity contribution in [3.05, 3.63) is 36.0 Å². The fraction of sp³-hybridized carbons (Fsp3) is 0.0909. The Bertz CT molecular complexity index is 611. The van der Waals surface area contributed by atoms with E-state index in [0.29, 0.717) is 0 Å². The summed E-state index contributed by atoms with van der Waals surface area (Å²) in [5, 5.41) is 10.7. The second-order valence-corrected chi connectivity index (χ2v) is 3.52. The maximum Gasteiger partial charge on any atom is 0.416 e. The van der Waals surface area contributed by atoms with Crippen LogP contribution in [-0.2, 0) is 6.18 Å². The van der Waals surface area contributed by atoms with Crippen molar-refractivity contribution in [2.75, 3.05) is 5.32 Å². The maximum absolute atomic E-state index is 12.6. The molecule has 4 nitrogen and oxygen atoms in total. The molecule has 0 bridgehead atoms. The molecule has 0 unspecified atom stereocenters. The number of nitrogens with zero attached hydrogens (tertiary/aromatic N) is 1. The minimum absolute atomic E-state index is 0.0681. The van der Waals surface area contributed by atoms with Crippen LogP contribution in [-0.4, -0.2) is 16.2 Å². The van der Waals surface area contributed by atoms with Crippen LogP contribution in [0.2, 0.25) is 0 Å². The number of hydrogen-bond donors (Lipinski definition) is 2. The second-order valence-electron chi connectivity index (χ2n) is 3.52. The number of rotatable bonds is 1. The summed E-state index contributed by atoms with van der Waals surface area (Å²) in [6.07, 6.45) is -4.51. The molecule has 0 saturated heterocycles. The summed E-state index contributed by atoms with van der Waals surface area (Å²) in [5.41, 5.74) is -0.496. The SMILES string of the molecule is O=C(O)Nc1ccnc2ccc(C(F)(F)F)cc12. The lowest BCUT2D eigenvalue weighted by Crippen LogP contribution is -2.09. The van der Waals surface area contributed by atoms with E-state index in [0.717, 1.165) is 12.1 Å². The number of aromatic nitrogens is 1. The van der Waals surface area contributed by atoms with Crippen molar-refractivity contribution < 1.29 is 23.1 Å². The molecule has 1 aromatic heterocycles. The molecule has 1 heterocycles. The number of fused-ring (bicyclic) bond motifs is 1. The first-order valence-corrected chi connectivity index (χ1v) is 4.84.